The Balaban J connectivity index is 1.93. The molecule has 1 amide bonds. The van der Waals surface area contributed by atoms with Crippen LogP contribution in [-0.2, 0) is 14.3 Å². The molecule has 1 N–H and O–H groups in total. The number of hydrogen-bond donors (Lipinski definition) is 1. The van der Waals surface area contributed by atoms with Crippen LogP contribution in [0, 0.1) is 5.92 Å². The van der Waals surface area contributed by atoms with Gasteiger partial charge in [-0.3, -0.25) is 0 Å². The van der Waals surface area contributed by atoms with Crippen LogP contribution in [0.1, 0.15) is 20.3 Å². The molecule has 0 aromatic rings. The van der Waals surface area contributed by atoms with Crippen molar-refractivity contribution in [2.24, 2.45) is 5.92 Å². The quantitative estimate of drug-likeness (QED) is 0.436. The Labute approximate surface area is 107 Å². The summed E-state index contributed by atoms with van der Waals surface area (Å²) in [6.07, 6.45) is -0.281. The van der Waals surface area contributed by atoms with Crippen molar-refractivity contribution in [1.82, 2.24) is 4.90 Å². The summed E-state index contributed by atoms with van der Waals surface area (Å²) >= 11 is 0.312. The fraction of sp³-hybridized carbons (Fsp3) is 0.818. The molecule has 4 atom stereocenters. The Bertz CT molecular complexity index is 333. The van der Waals surface area contributed by atoms with E-state index in [1.165, 1.54) is 0 Å². The van der Waals surface area contributed by atoms with Gasteiger partial charge < -0.3 is 0 Å². The Morgan fingerprint density at radius 1 is 1.71 bits per heavy atom. The van der Waals surface area contributed by atoms with Gasteiger partial charge in [0.2, 0.25) is 0 Å². The number of carbonyl (C=O) groups excluding carboxylic acids is 2. The number of β-lactam (4-membered cyclic amide) rings is 1. The van der Waals surface area contributed by atoms with Crippen molar-refractivity contribution < 1.29 is 19.4 Å². The van der Waals surface area contributed by atoms with Crippen molar-refractivity contribution in [3.63, 3.8) is 0 Å². The molecule has 5 nitrogen and oxygen atoms in total. The molecule has 2 aliphatic heterocycles. The average molecular weight is 306 g/mol. The molecular weight excluding hydrogens is 289 g/mol. The van der Waals surface area contributed by atoms with Gasteiger partial charge in [0.25, 0.3) is 0 Å². The second kappa shape index (κ2) is 4.96. The van der Waals surface area contributed by atoms with Crippen molar-refractivity contribution in [2.75, 3.05) is 6.61 Å². The Morgan fingerprint density at radius 2 is 2.41 bits per heavy atom. The van der Waals surface area contributed by atoms with Crippen molar-refractivity contribution in [3.05, 3.63) is 0 Å². The summed E-state index contributed by atoms with van der Waals surface area (Å²) in [6.45, 7) is 3.82. The van der Waals surface area contributed by atoms with Crippen LogP contribution in [-0.4, -0.2) is 60.5 Å². The first-order valence-corrected chi connectivity index (χ1v) is 8.03. The molecule has 0 radical (unpaired) electrons. The van der Waals surface area contributed by atoms with Gasteiger partial charge in [-0.1, -0.05) is 0 Å². The molecule has 0 saturated carbocycles. The molecule has 0 bridgehead atoms. The molecule has 2 rings (SSSR count). The zero-order chi connectivity index (χ0) is 12.6. The summed E-state index contributed by atoms with van der Waals surface area (Å²) in [5.41, 5.74) is 0. The van der Waals surface area contributed by atoms with Gasteiger partial charge in [0.15, 0.2) is 0 Å². The number of amides is 1. The number of aliphatic hydroxyl groups is 1. The number of fused-ring (bicyclic) bond motifs is 1. The summed E-state index contributed by atoms with van der Waals surface area (Å²) < 4.78 is 4.90. The van der Waals surface area contributed by atoms with E-state index in [2.05, 4.69) is 0 Å². The van der Waals surface area contributed by atoms with Gasteiger partial charge in [0.05, 0.1) is 0 Å². The predicted octanol–water partition coefficient (Wildman–Crippen LogP) is -0.390. The first-order valence-electron chi connectivity index (χ1n) is 5.83. The third-order valence-corrected chi connectivity index (χ3v) is 6.22. The molecule has 17 heavy (non-hydrogen) atoms. The second-order valence-electron chi connectivity index (χ2n) is 4.40. The van der Waals surface area contributed by atoms with E-state index in [1.807, 2.05) is 0 Å². The molecule has 0 unspecified atom stereocenters. The Morgan fingerprint density at radius 3 is 3.00 bits per heavy atom. The van der Waals surface area contributed by atoms with Crippen molar-refractivity contribution >= 4 is 26.8 Å². The molecule has 6 heteroatoms. The Kier molecular flexibility index (Phi) is 3.76. The molecule has 2 heterocycles. The fourth-order valence-electron chi connectivity index (χ4n) is 2.39. The molecule has 0 aliphatic carbocycles. The van der Waals surface area contributed by atoms with Crippen LogP contribution in [0.5, 0.6) is 0 Å². The first-order chi connectivity index (χ1) is 8.06. The normalized spacial score (nSPS) is 33.0. The SMILES string of the molecule is CCOC(=O)C[C@H]1C[Se][C@@H]2[C@@H]([C@@H](C)O)C(=O)N12. The number of esters is 1. The number of hydrogen-bond acceptors (Lipinski definition) is 4. The molecular formula is C11H17NO4Se. The fourth-order valence-corrected chi connectivity index (χ4v) is 5.92. The van der Waals surface area contributed by atoms with Crippen LogP contribution in [0.3, 0.4) is 0 Å². The first kappa shape index (κ1) is 12.9. The molecule has 0 aromatic heterocycles. The summed E-state index contributed by atoms with van der Waals surface area (Å²) in [4.78, 5) is 25.2. The van der Waals surface area contributed by atoms with Crippen molar-refractivity contribution in [2.45, 2.75) is 42.7 Å². The van der Waals surface area contributed by atoms with E-state index in [9.17, 15) is 14.7 Å². The number of aliphatic hydroxyl groups excluding tert-OH is 1. The van der Waals surface area contributed by atoms with E-state index in [1.54, 1.807) is 18.7 Å². The maximum absolute atomic E-state index is 11.9. The van der Waals surface area contributed by atoms with Crippen molar-refractivity contribution in [1.29, 1.82) is 0 Å². The molecule has 2 aliphatic rings. The van der Waals surface area contributed by atoms with Gasteiger partial charge in [-0.05, 0) is 0 Å². The van der Waals surface area contributed by atoms with E-state index in [0.29, 0.717) is 28.0 Å². The standard InChI is InChI=1S/C11H17NO4Se/c1-3-16-8(14)4-7-5-17-11-9(6(2)13)10(15)12(7)11/h6-7,9,11,13H,3-5H2,1-2H3/t6-,7+,9+,11-/m1/s1. The topological polar surface area (TPSA) is 66.8 Å². The average Bonchev–Trinajstić information content (AvgIpc) is 2.55. The maximum atomic E-state index is 11.9. The van der Waals surface area contributed by atoms with Crippen LogP contribution < -0.4 is 0 Å². The number of ether oxygens (including phenoxy) is 1. The zero-order valence-corrected chi connectivity index (χ0v) is 11.7. The van der Waals surface area contributed by atoms with Crippen molar-refractivity contribution in [3.8, 4) is 0 Å². The molecule has 0 aromatic carbocycles. The number of nitrogens with zero attached hydrogens (tertiary/aromatic N) is 1. The third kappa shape index (κ3) is 2.21. The van der Waals surface area contributed by atoms with Gasteiger partial charge in [0.1, 0.15) is 0 Å². The minimum atomic E-state index is -0.577. The van der Waals surface area contributed by atoms with Gasteiger partial charge >= 0.3 is 106 Å². The van der Waals surface area contributed by atoms with E-state index in [0.717, 1.165) is 5.32 Å². The van der Waals surface area contributed by atoms with Crippen LogP contribution in [0.4, 0.5) is 0 Å². The van der Waals surface area contributed by atoms with Gasteiger partial charge in [-0.15, -0.1) is 0 Å². The Hall–Kier alpha value is -0.581. The third-order valence-electron chi connectivity index (χ3n) is 3.20. The molecule has 96 valence electrons. The molecule has 2 saturated heterocycles. The van der Waals surface area contributed by atoms with Crippen LogP contribution >= 0.6 is 0 Å². The summed E-state index contributed by atoms with van der Waals surface area (Å²) in [5, 5.41) is 10.4. The molecule has 2 fully saturated rings. The summed E-state index contributed by atoms with van der Waals surface area (Å²) in [5.74, 6) is -0.469. The van der Waals surface area contributed by atoms with Gasteiger partial charge in [0, 0.05) is 0 Å². The number of carbonyl (C=O) groups is 2. The van der Waals surface area contributed by atoms with E-state index in [-0.39, 0.29) is 28.8 Å². The van der Waals surface area contributed by atoms with Gasteiger partial charge in [-0.25, -0.2) is 0 Å². The monoisotopic (exact) mass is 307 g/mol. The van der Waals surface area contributed by atoms with E-state index >= 15 is 0 Å². The predicted molar refractivity (Wildman–Crippen MR) is 61.4 cm³/mol. The van der Waals surface area contributed by atoms with Crippen LogP contribution in [0.2, 0.25) is 5.32 Å². The minimum absolute atomic E-state index is 0.00123. The summed E-state index contributed by atoms with van der Waals surface area (Å²) in [6, 6.07) is 0.00144. The van der Waals surface area contributed by atoms with E-state index in [4.69, 9.17) is 4.74 Å². The summed E-state index contributed by atoms with van der Waals surface area (Å²) in [7, 11) is 0. The number of rotatable bonds is 4. The van der Waals surface area contributed by atoms with E-state index < -0.39 is 6.10 Å². The second-order valence-corrected chi connectivity index (χ2v) is 6.81. The van der Waals surface area contributed by atoms with Crippen LogP contribution in [0.25, 0.3) is 0 Å². The zero-order valence-electron chi connectivity index (χ0n) is 9.96. The molecule has 0 spiro atoms. The van der Waals surface area contributed by atoms with Crippen LogP contribution in [0.15, 0.2) is 0 Å². The van der Waals surface area contributed by atoms with Gasteiger partial charge in [-0.2, -0.15) is 0 Å².